The zero-order chi connectivity index (χ0) is 9.26. The number of rotatable bonds is 2. The molecule has 0 spiro atoms. The van der Waals surface area contributed by atoms with Crippen LogP contribution in [0.5, 0.6) is 0 Å². The fourth-order valence-corrected chi connectivity index (χ4v) is 1.53. The van der Waals surface area contributed by atoms with Gasteiger partial charge in [0.2, 0.25) is 0 Å². The second-order valence-electron chi connectivity index (χ2n) is 3.32. The number of benzene rings is 1. The van der Waals surface area contributed by atoms with Crippen molar-refractivity contribution >= 4 is 10.9 Å². The molecule has 0 aliphatic rings. The lowest BCUT2D eigenvalue weighted by atomic mass is 10.2. The zero-order valence-corrected chi connectivity index (χ0v) is 7.92. The van der Waals surface area contributed by atoms with E-state index in [0.29, 0.717) is 6.61 Å². The molecule has 1 N–H and O–H groups in total. The van der Waals surface area contributed by atoms with Crippen molar-refractivity contribution in [2.24, 2.45) is 0 Å². The summed E-state index contributed by atoms with van der Waals surface area (Å²) in [4.78, 5) is 3.31. The van der Waals surface area contributed by atoms with Crippen molar-refractivity contribution < 1.29 is 4.74 Å². The minimum atomic E-state index is 0.647. The number of aryl methyl sites for hydroxylation is 1. The van der Waals surface area contributed by atoms with Gasteiger partial charge in [0, 0.05) is 18.3 Å². The number of ether oxygens (including phenoxy) is 1. The number of nitrogens with one attached hydrogen (secondary N) is 1. The average molecular weight is 175 g/mol. The summed E-state index contributed by atoms with van der Waals surface area (Å²) >= 11 is 0. The number of aromatic nitrogens is 1. The largest absolute Gasteiger partial charge is 0.378 e. The SMILES string of the molecule is COCc1cc2ccc(C)cc2[nH]1. The number of fused-ring (bicyclic) bond motifs is 1. The van der Waals surface area contributed by atoms with E-state index >= 15 is 0 Å². The van der Waals surface area contributed by atoms with Gasteiger partial charge in [-0.2, -0.15) is 0 Å². The Labute approximate surface area is 77.5 Å². The summed E-state index contributed by atoms with van der Waals surface area (Å²) in [7, 11) is 1.71. The monoisotopic (exact) mass is 175 g/mol. The molecule has 0 bridgehead atoms. The zero-order valence-electron chi connectivity index (χ0n) is 7.92. The maximum atomic E-state index is 5.06. The van der Waals surface area contributed by atoms with Crippen LogP contribution in [0.2, 0.25) is 0 Å². The van der Waals surface area contributed by atoms with Crippen LogP contribution in [0.15, 0.2) is 24.3 Å². The molecule has 2 aromatic rings. The van der Waals surface area contributed by atoms with Crippen molar-refractivity contribution in [2.45, 2.75) is 13.5 Å². The molecule has 2 heteroatoms. The van der Waals surface area contributed by atoms with E-state index in [9.17, 15) is 0 Å². The molecule has 1 aromatic heterocycles. The van der Waals surface area contributed by atoms with Crippen LogP contribution < -0.4 is 0 Å². The lowest BCUT2D eigenvalue weighted by molar-refractivity contribution is 0.182. The molecule has 0 amide bonds. The summed E-state index contributed by atoms with van der Waals surface area (Å²) in [6.07, 6.45) is 0. The van der Waals surface area contributed by atoms with Crippen molar-refractivity contribution in [3.8, 4) is 0 Å². The summed E-state index contributed by atoms with van der Waals surface area (Å²) < 4.78 is 5.06. The summed E-state index contributed by atoms with van der Waals surface area (Å²) in [5.74, 6) is 0. The Morgan fingerprint density at radius 1 is 1.31 bits per heavy atom. The van der Waals surface area contributed by atoms with Crippen molar-refractivity contribution in [2.75, 3.05) is 7.11 Å². The van der Waals surface area contributed by atoms with Crippen LogP contribution in [0.4, 0.5) is 0 Å². The first-order valence-corrected chi connectivity index (χ1v) is 4.37. The molecule has 0 aliphatic heterocycles. The highest BCUT2D eigenvalue weighted by molar-refractivity contribution is 5.80. The molecule has 13 heavy (non-hydrogen) atoms. The molecule has 2 rings (SSSR count). The quantitative estimate of drug-likeness (QED) is 0.745. The number of aromatic amines is 1. The van der Waals surface area contributed by atoms with Gasteiger partial charge in [0.1, 0.15) is 0 Å². The van der Waals surface area contributed by atoms with Gasteiger partial charge in [0.25, 0.3) is 0 Å². The van der Waals surface area contributed by atoms with E-state index < -0.39 is 0 Å². The number of hydrogen-bond donors (Lipinski definition) is 1. The molecule has 0 saturated heterocycles. The molecule has 1 aromatic carbocycles. The molecule has 0 aliphatic carbocycles. The summed E-state index contributed by atoms with van der Waals surface area (Å²) in [5.41, 5.74) is 3.59. The third-order valence-corrected chi connectivity index (χ3v) is 2.13. The van der Waals surface area contributed by atoms with Crippen molar-refractivity contribution in [1.82, 2.24) is 4.98 Å². The Balaban J connectivity index is 2.49. The number of H-pyrrole nitrogens is 1. The maximum Gasteiger partial charge on any atom is 0.0862 e. The first kappa shape index (κ1) is 8.32. The molecule has 0 fully saturated rings. The molecule has 2 nitrogen and oxygen atoms in total. The average Bonchev–Trinajstić information content (AvgIpc) is 2.46. The number of hydrogen-bond acceptors (Lipinski definition) is 1. The fraction of sp³-hybridized carbons (Fsp3) is 0.273. The summed E-state index contributed by atoms with van der Waals surface area (Å²) in [6, 6.07) is 8.51. The van der Waals surface area contributed by atoms with E-state index in [2.05, 4.69) is 36.2 Å². The number of methoxy groups -OCH3 is 1. The smallest absolute Gasteiger partial charge is 0.0862 e. The fourth-order valence-electron chi connectivity index (χ4n) is 1.53. The topological polar surface area (TPSA) is 25.0 Å². The van der Waals surface area contributed by atoms with Gasteiger partial charge in [-0.15, -0.1) is 0 Å². The van der Waals surface area contributed by atoms with Crippen molar-refractivity contribution in [3.05, 3.63) is 35.5 Å². The summed E-state index contributed by atoms with van der Waals surface area (Å²) in [5, 5.41) is 1.25. The van der Waals surface area contributed by atoms with Crippen LogP contribution in [0.1, 0.15) is 11.3 Å². The van der Waals surface area contributed by atoms with Crippen LogP contribution in [0.25, 0.3) is 10.9 Å². The normalized spacial score (nSPS) is 10.9. The second kappa shape index (κ2) is 3.23. The van der Waals surface area contributed by atoms with Crippen molar-refractivity contribution in [1.29, 1.82) is 0 Å². The Morgan fingerprint density at radius 2 is 2.15 bits per heavy atom. The van der Waals surface area contributed by atoms with Crippen LogP contribution in [0, 0.1) is 6.92 Å². The van der Waals surface area contributed by atoms with Gasteiger partial charge in [-0.05, 0) is 30.0 Å². The molecule has 1 heterocycles. The molecule has 0 unspecified atom stereocenters. The Kier molecular flexibility index (Phi) is 2.07. The van der Waals surface area contributed by atoms with Gasteiger partial charge in [-0.1, -0.05) is 12.1 Å². The standard InChI is InChI=1S/C11H13NO/c1-8-3-4-9-6-10(7-13-2)12-11(9)5-8/h3-6,12H,7H2,1-2H3. The highest BCUT2D eigenvalue weighted by atomic mass is 16.5. The van der Waals surface area contributed by atoms with Gasteiger partial charge in [-0.3, -0.25) is 0 Å². The third kappa shape index (κ3) is 1.58. The second-order valence-corrected chi connectivity index (χ2v) is 3.32. The van der Waals surface area contributed by atoms with E-state index in [0.717, 1.165) is 5.69 Å². The highest BCUT2D eigenvalue weighted by Gasteiger charge is 1.99. The van der Waals surface area contributed by atoms with Crippen LogP contribution in [0.3, 0.4) is 0 Å². The van der Waals surface area contributed by atoms with Gasteiger partial charge >= 0.3 is 0 Å². The predicted octanol–water partition coefficient (Wildman–Crippen LogP) is 2.62. The van der Waals surface area contributed by atoms with Gasteiger partial charge < -0.3 is 9.72 Å². The van der Waals surface area contributed by atoms with Gasteiger partial charge in [-0.25, -0.2) is 0 Å². The Bertz CT molecular complexity index is 417. The van der Waals surface area contributed by atoms with E-state index in [1.165, 1.54) is 16.5 Å². The van der Waals surface area contributed by atoms with E-state index in [1.54, 1.807) is 7.11 Å². The third-order valence-electron chi connectivity index (χ3n) is 2.13. The first-order chi connectivity index (χ1) is 6.29. The molecule has 0 radical (unpaired) electrons. The maximum absolute atomic E-state index is 5.06. The Hall–Kier alpha value is -1.28. The minimum Gasteiger partial charge on any atom is -0.378 e. The van der Waals surface area contributed by atoms with Crippen molar-refractivity contribution in [3.63, 3.8) is 0 Å². The first-order valence-electron chi connectivity index (χ1n) is 4.37. The molecule has 0 atom stereocenters. The molecule has 0 saturated carbocycles. The predicted molar refractivity (Wildman–Crippen MR) is 53.7 cm³/mol. The van der Waals surface area contributed by atoms with E-state index in [1.807, 2.05) is 0 Å². The van der Waals surface area contributed by atoms with Crippen LogP contribution >= 0.6 is 0 Å². The lowest BCUT2D eigenvalue weighted by Gasteiger charge is -1.92. The van der Waals surface area contributed by atoms with Crippen LogP contribution in [-0.2, 0) is 11.3 Å². The highest BCUT2D eigenvalue weighted by Crippen LogP contribution is 2.16. The lowest BCUT2D eigenvalue weighted by Crippen LogP contribution is -1.85. The molecule has 68 valence electrons. The van der Waals surface area contributed by atoms with Gasteiger partial charge in [0.15, 0.2) is 0 Å². The Morgan fingerprint density at radius 3 is 2.92 bits per heavy atom. The minimum absolute atomic E-state index is 0.647. The molecular formula is C11H13NO. The van der Waals surface area contributed by atoms with E-state index in [-0.39, 0.29) is 0 Å². The van der Waals surface area contributed by atoms with Gasteiger partial charge in [0.05, 0.1) is 6.61 Å². The molecular weight excluding hydrogens is 162 g/mol. The van der Waals surface area contributed by atoms with E-state index in [4.69, 9.17) is 4.74 Å². The van der Waals surface area contributed by atoms with Crippen LogP contribution in [-0.4, -0.2) is 12.1 Å². The summed E-state index contributed by atoms with van der Waals surface area (Å²) in [6.45, 7) is 2.74.